The lowest BCUT2D eigenvalue weighted by Gasteiger charge is -2.18. The van der Waals surface area contributed by atoms with Crippen LogP contribution < -0.4 is 9.47 Å². The lowest BCUT2D eigenvalue weighted by atomic mass is 10.2. The highest BCUT2D eigenvalue weighted by molar-refractivity contribution is 5.49. The average Bonchev–Trinajstić information content (AvgIpc) is 3.15. The SMILES string of the molecule is C.C.C.C.COc1ccc(CO[C@H](CCC=O)COCc2ccccc2)cc1.COc1ccc(CO[C@H](CCCO)COCc2ccccc2)cc1. The molecule has 0 amide bonds. The minimum atomic E-state index is -0.0963. The Bertz CT molecular complexity index is 1350. The number of aldehydes is 1. The van der Waals surface area contributed by atoms with Crippen LogP contribution >= 0.6 is 0 Å². The zero-order valence-corrected chi connectivity index (χ0v) is 28.2. The molecular formula is C44H66O8. The Kier molecular flexibility index (Phi) is 30.5. The van der Waals surface area contributed by atoms with Crippen LogP contribution in [0.25, 0.3) is 0 Å². The zero-order chi connectivity index (χ0) is 34.1. The van der Waals surface area contributed by atoms with E-state index in [0.29, 0.717) is 58.9 Å². The molecule has 0 aromatic heterocycles. The van der Waals surface area contributed by atoms with Gasteiger partial charge in [-0.2, -0.15) is 0 Å². The van der Waals surface area contributed by atoms with Crippen molar-refractivity contribution >= 4 is 6.29 Å². The Morgan fingerprint density at radius 1 is 0.538 bits per heavy atom. The molecule has 0 spiro atoms. The van der Waals surface area contributed by atoms with E-state index in [1.54, 1.807) is 14.2 Å². The van der Waals surface area contributed by atoms with Gasteiger partial charge in [-0.15, -0.1) is 0 Å². The van der Waals surface area contributed by atoms with E-state index < -0.39 is 0 Å². The fourth-order valence-electron chi connectivity index (χ4n) is 4.64. The highest BCUT2D eigenvalue weighted by Crippen LogP contribution is 2.16. The van der Waals surface area contributed by atoms with Gasteiger partial charge < -0.3 is 38.3 Å². The number of ether oxygens (including phenoxy) is 6. The van der Waals surface area contributed by atoms with Gasteiger partial charge >= 0.3 is 0 Å². The van der Waals surface area contributed by atoms with E-state index in [1.165, 1.54) is 0 Å². The lowest BCUT2D eigenvalue weighted by molar-refractivity contribution is -0.109. The highest BCUT2D eigenvalue weighted by atomic mass is 16.5. The maximum atomic E-state index is 10.6. The van der Waals surface area contributed by atoms with E-state index >= 15 is 0 Å². The van der Waals surface area contributed by atoms with Crippen molar-refractivity contribution in [1.82, 2.24) is 0 Å². The Labute approximate surface area is 315 Å². The quantitative estimate of drug-likeness (QED) is 0.0802. The number of hydrogen-bond acceptors (Lipinski definition) is 8. The molecule has 0 fully saturated rings. The molecule has 0 saturated carbocycles. The topological polar surface area (TPSA) is 92.7 Å². The predicted molar refractivity (Wildman–Crippen MR) is 214 cm³/mol. The number of aliphatic hydroxyl groups is 1. The summed E-state index contributed by atoms with van der Waals surface area (Å²) >= 11 is 0. The summed E-state index contributed by atoms with van der Waals surface area (Å²) in [5.41, 5.74) is 4.43. The van der Waals surface area contributed by atoms with E-state index in [-0.39, 0.29) is 48.5 Å². The van der Waals surface area contributed by atoms with Gasteiger partial charge in [-0.25, -0.2) is 0 Å². The first-order valence-corrected chi connectivity index (χ1v) is 16.4. The van der Waals surface area contributed by atoms with Crippen molar-refractivity contribution in [3.05, 3.63) is 131 Å². The molecule has 52 heavy (non-hydrogen) atoms. The smallest absolute Gasteiger partial charge is 0.120 e. The second-order valence-electron chi connectivity index (χ2n) is 11.2. The van der Waals surface area contributed by atoms with Gasteiger partial charge in [0.2, 0.25) is 0 Å². The highest BCUT2D eigenvalue weighted by Gasteiger charge is 2.11. The molecule has 8 heteroatoms. The monoisotopic (exact) mass is 722 g/mol. The van der Waals surface area contributed by atoms with E-state index in [2.05, 4.69) is 0 Å². The minimum Gasteiger partial charge on any atom is -0.497 e. The summed E-state index contributed by atoms with van der Waals surface area (Å²) in [6.07, 6.45) is 3.42. The molecule has 0 aliphatic rings. The lowest BCUT2D eigenvalue weighted by Crippen LogP contribution is -2.20. The first kappa shape index (κ1) is 50.1. The van der Waals surface area contributed by atoms with Crippen LogP contribution in [0.4, 0.5) is 0 Å². The maximum Gasteiger partial charge on any atom is 0.120 e. The third kappa shape index (κ3) is 21.3. The molecule has 2 atom stereocenters. The summed E-state index contributed by atoms with van der Waals surface area (Å²) in [5.74, 6) is 1.66. The predicted octanol–water partition coefficient (Wildman–Crippen LogP) is 9.89. The van der Waals surface area contributed by atoms with Crippen LogP contribution in [-0.2, 0) is 50.2 Å². The van der Waals surface area contributed by atoms with Gasteiger partial charge in [-0.1, -0.05) is 115 Å². The van der Waals surface area contributed by atoms with E-state index in [1.807, 2.05) is 109 Å². The molecule has 0 heterocycles. The maximum absolute atomic E-state index is 10.6. The second kappa shape index (κ2) is 31.7. The van der Waals surface area contributed by atoms with Gasteiger partial charge in [-0.3, -0.25) is 0 Å². The molecule has 4 aromatic rings. The zero-order valence-electron chi connectivity index (χ0n) is 28.2. The van der Waals surface area contributed by atoms with Gasteiger partial charge in [0.05, 0.1) is 66.1 Å². The Balaban J connectivity index is 0. The first-order chi connectivity index (χ1) is 23.6. The summed E-state index contributed by atoms with van der Waals surface area (Å²) in [6.45, 7) is 3.29. The Morgan fingerprint density at radius 3 is 1.29 bits per heavy atom. The van der Waals surface area contributed by atoms with Crippen molar-refractivity contribution in [3.63, 3.8) is 0 Å². The van der Waals surface area contributed by atoms with Crippen LogP contribution in [0.15, 0.2) is 109 Å². The van der Waals surface area contributed by atoms with Crippen molar-refractivity contribution < 1.29 is 38.3 Å². The van der Waals surface area contributed by atoms with Crippen LogP contribution in [0.2, 0.25) is 0 Å². The number of aliphatic hydroxyl groups excluding tert-OH is 1. The molecule has 0 aliphatic heterocycles. The standard InChI is InChI=1S/C20H26O4.C20H24O4.4CH4/c2*1-22-19-11-9-18(10-12-19)15-24-20(8-5-13-21)16-23-14-17-6-3-2-4-7-17;;;;/h2-4,6-7,9-12,20-21H,5,8,13-16H2,1H3;2-4,6-7,9-13,20H,5,8,14-16H2,1H3;4*1H4/t2*20-;;;;/m11..../s1. The van der Waals surface area contributed by atoms with Crippen LogP contribution in [-0.4, -0.2) is 57.6 Å². The van der Waals surface area contributed by atoms with E-state index in [4.69, 9.17) is 33.5 Å². The molecule has 0 unspecified atom stereocenters. The van der Waals surface area contributed by atoms with Crippen molar-refractivity contribution in [2.75, 3.05) is 34.0 Å². The molecule has 8 nitrogen and oxygen atoms in total. The summed E-state index contributed by atoms with van der Waals surface area (Å²) in [5, 5.41) is 9.05. The fraction of sp³-hybridized carbons (Fsp3) is 0.432. The second-order valence-corrected chi connectivity index (χ2v) is 11.2. The van der Waals surface area contributed by atoms with Crippen LogP contribution in [0, 0.1) is 0 Å². The molecule has 0 aliphatic carbocycles. The largest absolute Gasteiger partial charge is 0.497 e. The third-order valence-corrected chi connectivity index (χ3v) is 7.41. The molecule has 0 radical (unpaired) electrons. The molecule has 1 N–H and O–H groups in total. The normalized spacial score (nSPS) is 11.1. The molecular weight excluding hydrogens is 656 g/mol. The molecule has 0 bridgehead atoms. The van der Waals surface area contributed by atoms with Crippen LogP contribution in [0.3, 0.4) is 0 Å². The van der Waals surface area contributed by atoms with Gasteiger partial charge in [0.25, 0.3) is 0 Å². The van der Waals surface area contributed by atoms with Crippen molar-refractivity contribution in [3.8, 4) is 11.5 Å². The Morgan fingerprint density at radius 2 is 0.923 bits per heavy atom. The Hall–Kier alpha value is -4.05. The molecule has 290 valence electrons. The van der Waals surface area contributed by atoms with Gasteiger partial charge in [0.1, 0.15) is 17.8 Å². The van der Waals surface area contributed by atoms with Gasteiger partial charge in [0, 0.05) is 13.0 Å². The van der Waals surface area contributed by atoms with Crippen molar-refractivity contribution in [1.29, 1.82) is 0 Å². The van der Waals surface area contributed by atoms with Crippen LogP contribution in [0.5, 0.6) is 11.5 Å². The van der Waals surface area contributed by atoms with E-state index in [0.717, 1.165) is 46.5 Å². The fourth-order valence-corrected chi connectivity index (χ4v) is 4.64. The number of rotatable bonds is 22. The summed E-state index contributed by atoms with van der Waals surface area (Å²) in [4.78, 5) is 10.6. The van der Waals surface area contributed by atoms with Crippen molar-refractivity contribution in [2.24, 2.45) is 0 Å². The van der Waals surface area contributed by atoms with Gasteiger partial charge in [0.15, 0.2) is 0 Å². The number of hydrogen-bond donors (Lipinski definition) is 1. The van der Waals surface area contributed by atoms with Crippen LogP contribution in [0.1, 0.15) is 77.6 Å². The number of carbonyl (C=O) groups excluding carboxylic acids is 1. The van der Waals surface area contributed by atoms with Crippen molar-refractivity contribution in [2.45, 2.75) is 94.0 Å². The number of methoxy groups -OCH3 is 2. The van der Waals surface area contributed by atoms with E-state index in [9.17, 15) is 4.79 Å². The first-order valence-electron chi connectivity index (χ1n) is 16.4. The molecule has 4 rings (SSSR count). The summed E-state index contributed by atoms with van der Waals surface area (Å²) in [6, 6.07) is 35.7. The number of benzene rings is 4. The number of carbonyl (C=O) groups is 1. The van der Waals surface area contributed by atoms with Gasteiger partial charge in [-0.05, 0) is 65.8 Å². The third-order valence-electron chi connectivity index (χ3n) is 7.41. The molecule has 0 saturated heterocycles. The summed E-state index contributed by atoms with van der Waals surface area (Å²) in [7, 11) is 3.30. The average molecular weight is 723 g/mol. The minimum absolute atomic E-state index is 0. The summed E-state index contributed by atoms with van der Waals surface area (Å²) < 4.78 is 33.7. The molecule has 4 aromatic carbocycles.